The van der Waals surface area contributed by atoms with Crippen LogP contribution in [0.5, 0.6) is 5.75 Å². The largest absolute Gasteiger partial charge is 0.497 e. The first-order valence-corrected chi connectivity index (χ1v) is 8.85. The molecule has 0 aliphatic heterocycles. The fourth-order valence-electron chi connectivity index (χ4n) is 2.96. The standard InChI is InChI=1S/C20H29N3O3/c1-13(2)20(16-7-9-17(25-6)10-8-16)21-19(24)12-23(5)11-18-14(3)22-26-15(18)4/h7-10,13,20H,11-12H2,1-6H3,(H,21,24). The number of ether oxygens (including phenoxy) is 1. The van der Waals surface area contributed by atoms with E-state index in [0.717, 1.165) is 28.3 Å². The molecular weight excluding hydrogens is 330 g/mol. The molecule has 0 spiro atoms. The first-order valence-electron chi connectivity index (χ1n) is 8.85. The number of likely N-dealkylation sites (N-methyl/N-ethyl adjacent to an activating group) is 1. The third kappa shape index (κ3) is 5.08. The van der Waals surface area contributed by atoms with Gasteiger partial charge in [-0.15, -0.1) is 0 Å². The summed E-state index contributed by atoms with van der Waals surface area (Å²) in [4.78, 5) is 14.5. The summed E-state index contributed by atoms with van der Waals surface area (Å²) in [5.41, 5.74) is 2.98. The molecule has 0 fully saturated rings. The minimum Gasteiger partial charge on any atom is -0.497 e. The molecule has 0 saturated carbocycles. The molecule has 1 unspecified atom stereocenters. The molecule has 1 N–H and O–H groups in total. The second-order valence-electron chi connectivity index (χ2n) is 7.04. The number of benzene rings is 1. The van der Waals surface area contributed by atoms with E-state index in [0.29, 0.717) is 13.1 Å². The van der Waals surface area contributed by atoms with E-state index in [1.165, 1.54) is 0 Å². The molecule has 0 saturated heterocycles. The molecular formula is C20H29N3O3. The van der Waals surface area contributed by atoms with E-state index in [9.17, 15) is 4.79 Å². The van der Waals surface area contributed by atoms with Crippen molar-refractivity contribution in [2.45, 2.75) is 40.3 Å². The van der Waals surface area contributed by atoms with Gasteiger partial charge in [0.1, 0.15) is 11.5 Å². The van der Waals surface area contributed by atoms with Gasteiger partial charge >= 0.3 is 0 Å². The summed E-state index contributed by atoms with van der Waals surface area (Å²) in [5.74, 6) is 1.88. The maximum absolute atomic E-state index is 12.5. The molecule has 0 aliphatic rings. The van der Waals surface area contributed by atoms with Crippen LogP contribution in [0.25, 0.3) is 0 Å². The summed E-state index contributed by atoms with van der Waals surface area (Å²) in [6, 6.07) is 7.79. The first kappa shape index (κ1) is 20.0. The average molecular weight is 359 g/mol. The third-order valence-electron chi connectivity index (χ3n) is 4.48. The molecule has 2 aromatic rings. The highest BCUT2D eigenvalue weighted by atomic mass is 16.5. The minimum atomic E-state index is -0.0409. The Morgan fingerprint density at radius 3 is 2.42 bits per heavy atom. The van der Waals surface area contributed by atoms with Gasteiger partial charge < -0.3 is 14.6 Å². The van der Waals surface area contributed by atoms with Crippen LogP contribution in [0, 0.1) is 19.8 Å². The minimum absolute atomic E-state index is 0.00576. The van der Waals surface area contributed by atoms with E-state index in [4.69, 9.17) is 9.26 Å². The van der Waals surface area contributed by atoms with Crippen LogP contribution >= 0.6 is 0 Å². The smallest absolute Gasteiger partial charge is 0.234 e. The zero-order valence-corrected chi connectivity index (χ0v) is 16.5. The number of aromatic nitrogens is 1. The van der Waals surface area contributed by atoms with Gasteiger partial charge in [0.25, 0.3) is 0 Å². The SMILES string of the molecule is COc1ccc(C(NC(=O)CN(C)Cc2c(C)noc2C)C(C)C)cc1. The van der Waals surface area contributed by atoms with Gasteiger partial charge in [-0.05, 0) is 44.5 Å². The summed E-state index contributed by atoms with van der Waals surface area (Å²) >= 11 is 0. The van der Waals surface area contributed by atoms with Crippen LogP contribution < -0.4 is 10.1 Å². The summed E-state index contributed by atoms with van der Waals surface area (Å²) in [5, 5.41) is 7.11. The van der Waals surface area contributed by atoms with E-state index >= 15 is 0 Å². The van der Waals surface area contributed by atoms with E-state index in [-0.39, 0.29) is 17.9 Å². The summed E-state index contributed by atoms with van der Waals surface area (Å²) < 4.78 is 10.4. The lowest BCUT2D eigenvalue weighted by Gasteiger charge is -2.25. The number of nitrogens with zero attached hydrogens (tertiary/aromatic N) is 2. The fourth-order valence-corrected chi connectivity index (χ4v) is 2.96. The van der Waals surface area contributed by atoms with Gasteiger partial charge in [-0.1, -0.05) is 31.1 Å². The summed E-state index contributed by atoms with van der Waals surface area (Å²) in [7, 11) is 3.56. The van der Waals surface area contributed by atoms with Crippen LogP contribution in [0.4, 0.5) is 0 Å². The van der Waals surface area contributed by atoms with Crippen LogP contribution in [0.3, 0.4) is 0 Å². The Bertz CT molecular complexity index is 703. The molecule has 0 bridgehead atoms. The van der Waals surface area contributed by atoms with Gasteiger partial charge in [-0.25, -0.2) is 0 Å². The molecule has 26 heavy (non-hydrogen) atoms. The van der Waals surface area contributed by atoms with Crippen LogP contribution in [0.15, 0.2) is 28.8 Å². The molecule has 0 aliphatic carbocycles. The van der Waals surface area contributed by atoms with Crippen LogP contribution in [-0.2, 0) is 11.3 Å². The Morgan fingerprint density at radius 2 is 1.92 bits per heavy atom. The van der Waals surface area contributed by atoms with Crippen molar-refractivity contribution in [2.24, 2.45) is 5.92 Å². The molecule has 6 heteroatoms. The topological polar surface area (TPSA) is 67.6 Å². The molecule has 1 atom stereocenters. The van der Waals surface area contributed by atoms with Gasteiger partial charge in [0.2, 0.25) is 5.91 Å². The summed E-state index contributed by atoms with van der Waals surface area (Å²) in [6.07, 6.45) is 0. The van der Waals surface area contributed by atoms with Gasteiger partial charge in [0.05, 0.1) is 25.4 Å². The number of hydrogen-bond donors (Lipinski definition) is 1. The number of carbonyl (C=O) groups is 1. The van der Waals surface area contributed by atoms with Gasteiger partial charge in [-0.3, -0.25) is 9.69 Å². The number of aryl methyl sites for hydroxylation is 2. The van der Waals surface area contributed by atoms with Crippen LogP contribution in [0.1, 0.15) is 42.5 Å². The number of amides is 1. The maximum atomic E-state index is 12.5. The fraction of sp³-hybridized carbons (Fsp3) is 0.500. The van der Waals surface area contributed by atoms with Crippen LogP contribution in [-0.4, -0.2) is 36.7 Å². The Balaban J connectivity index is 1.98. The molecule has 6 nitrogen and oxygen atoms in total. The van der Waals surface area contributed by atoms with E-state index in [1.807, 2.05) is 50.1 Å². The van der Waals surface area contributed by atoms with Crippen molar-refractivity contribution in [3.05, 3.63) is 46.8 Å². The third-order valence-corrected chi connectivity index (χ3v) is 4.48. The van der Waals surface area contributed by atoms with Crippen molar-refractivity contribution in [3.63, 3.8) is 0 Å². The first-order chi connectivity index (χ1) is 12.3. The average Bonchev–Trinajstić information content (AvgIpc) is 2.91. The van der Waals surface area contributed by atoms with Crippen molar-refractivity contribution < 1.29 is 14.1 Å². The quantitative estimate of drug-likeness (QED) is 0.784. The number of methoxy groups -OCH3 is 1. The lowest BCUT2D eigenvalue weighted by Crippen LogP contribution is -2.38. The Labute approximate surface area is 155 Å². The monoisotopic (exact) mass is 359 g/mol. The van der Waals surface area contributed by atoms with E-state index in [1.54, 1.807) is 7.11 Å². The number of rotatable bonds is 8. The van der Waals surface area contributed by atoms with Crippen molar-refractivity contribution in [2.75, 3.05) is 20.7 Å². The zero-order chi connectivity index (χ0) is 19.3. The van der Waals surface area contributed by atoms with Crippen molar-refractivity contribution in [1.29, 1.82) is 0 Å². The molecule has 1 aromatic carbocycles. The molecule has 2 rings (SSSR count). The highest BCUT2D eigenvalue weighted by Gasteiger charge is 2.20. The number of hydrogen-bond acceptors (Lipinski definition) is 5. The maximum Gasteiger partial charge on any atom is 0.234 e. The summed E-state index contributed by atoms with van der Waals surface area (Å²) in [6.45, 7) is 8.94. The van der Waals surface area contributed by atoms with Crippen molar-refractivity contribution in [1.82, 2.24) is 15.4 Å². The Hall–Kier alpha value is -2.34. The number of nitrogens with one attached hydrogen (secondary N) is 1. The molecule has 142 valence electrons. The second-order valence-corrected chi connectivity index (χ2v) is 7.04. The van der Waals surface area contributed by atoms with Gasteiger partial charge in [-0.2, -0.15) is 0 Å². The normalized spacial score (nSPS) is 12.5. The van der Waals surface area contributed by atoms with Gasteiger partial charge in [0.15, 0.2) is 0 Å². The predicted octanol–water partition coefficient (Wildman–Crippen LogP) is 3.25. The Morgan fingerprint density at radius 1 is 1.27 bits per heavy atom. The molecule has 1 aromatic heterocycles. The van der Waals surface area contributed by atoms with E-state index in [2.05, 4.69) is 24.3 Å². The van der Waals surface area contributed by atoms with Crippen molar-refractivity contribution in [3.8, 4) is 5.75 Å². The Kier molecular flexibility index (Phi) is 6.80. The molecule has 1 amide bonds. The molecule has 1 heterocycles. The lowest BCUT2D eigenvalue weighted by atomic mass is 9.96. The number of carbonyl (C=O) groups excluding carboxylic acids is 1. The second kappa shape index (κ2) is 8.85. The van der Waals surface area contributed by atoms with Crippen LogP contribution in [0.2, 0.25) is 0 Å². The predicted molar refractivity (Wildman–Crippen MR) is 101 cm³/mol. The van der Waals surface area contributed by atoms with Crippen molar-refractivity contribution >= 4 is 5.91 Å². The zero-order valence-electron chi connectivity index (χ0n) is 16.5. The lowest BCUT2D eigenvalue weighted by molar-refractivity contribution is -0.123. The van der Waals surface area contributed by atoms with E-state index < -0.39 is 0 Å². The highest BCUT2D eigenvalue weighted by molar-refractivity contribution is 5.78. The van der Waals surface area contributed by atoms with Gasteiger partial charge in [0, 0.05) is 12.1 Å². The molecule has 0 radical (unpaired) electrons. The highest BCUT2D eigenvalue weighted by Crippen LogP contribution is 2.24.